The van der Waals surface area contributed by atoms with Crippen LogP contribution in [0.3, 0.4) is 0 Å². The Morgan fingerprint density at radius 1 is 1.35 bits per heavy atom. The average molecular weight is 247 g/mol. The molecule has 0 bridgehead atoms. The molecular weight excluding hydrogens is 226 g/mol. The van der Waals surface area contributed by atoms with Crippen LogP contribution in [-0.2, 0) is 0 Å². The van der Waals surface area contributed by atoms with Gasteiger partial charge in [-0.2, -0.15) is 4.37 Å². The van der Waals surface area contributed by atoms with Crippen LogP contribution >= 0.6 is 11.5 Å². The van der Waals surface area contributed by atoms with Crippen LogP contribution in [0.1, 0.15) is 40.3 Å². The first-order valence-corrected chi connectivity index (χ1v) is 6.99. The van der Waals surface area contributed by atoms with Gasteiger partial charge in [-0.05, 0) is 36.9 Å². The molecule has 0 amide bonds. The third-order valence-corrected chi connectivity index (χ3v) is 3.34. The number of allylic oxidation sites excluding steroid dienone is 4. The summed E-state index contributed by atoms with van der Waals surface area (Å²) in [7, 11) is 0. The van der Waals surface area contributed by atoms with Crippen LogP contribution in [0.2, 0.25) is 0 Å². The zero-order valence-electron chi connectivity index (χ0n) is 11.3. The van der Waals surface area contributed by atoms with Crippen molar-refractivity contribution in [3.8, 4) is 0 Å². The van der Waals surface area contributed by atoms with Crippen molar-refractivity contribution in [2.45, 2.75) is 34.6 Å². The van der Waals surface area contributed by atoms with Gasteiger partial charge in [0.15, 0.2) is 0 Å². The minimum absolute atomic E-state index is 0.558. The summed E-state index contributed by atoms with van der Waals surface area (Å²) in [6.07, 6.45) is 10.8. The van der Waals surface area contributed by atoms with Gasteiger partial charge in [0, 0.05) is 5.22 Å². The maximum atomic E-state index is 4.50. The summed E-state index contributed by atoms with van der Waals surface area (Å²) in [6, 6.07) is 0. The van der Waals surface area contributed by atoms with Crippen LogP contribution in [0, 0.1) is 5.92 Å². The molecule has 0 aliphatic heterocycles. The molecule has 1 unspecified atom stereocenters. The van der Waals surface area contributed by atoms with E-state index in [4.69, 9.17) is 0 Å². The summed E-state index contributed by atoms with van der Waals surface area (Å²) in [6.45, 7) is 10.4. The highest BCUT2D eigenvalue weighted by Crippen LogP contribution is 2.10. The summed E-state index contributed by atoms with van der Waals surface area (Å²) in [5, 5.41) is 1.32. The summed E-state index contributed by atoms with van der Waals surface area (Å²) in [4.78, 5) is 0. The Morgan fingerprint density at radius 3 is 2.71 bits per heavy atom. The Morgan fingerprint density at radius 2 is 2.06 bits per heavy atom. The van der Waals surface area contributed by atoms with E-state index in [1.807, 2.05) is 26.8 Å². The summed E-state index contributed by atoms with van der Waals surface area (Å²) >= 11 is 1.60. The van der Waals surface area contributed by atoms with Gasteiger partial charge in [0.1, 0.15) is 0 Å². The van der Waals surface area contributed by atoms with Crippen LogP contribution < -0.4 is 9.75 Å². The topological polar surface area (TPSA) is 12.9 Å². The Bertz CT molecular complexity index is 532. The second-order valence-electron chi connectivity index (χ2n) is 3.88. The third kappa shape index (κ3) is 3.16. The van der Waals surface area contributed by atoms with Crippen molar-refractivity contribution in [3.63, 3.8) is 0 Å². The monoisotopic (exact) mass is 247 g/mol. The number of hydrogen-bond donors (Lipinski definition) is 0. The van der Waals surface area contributed by atoms with Gasteiger partial charge in [-0.3, -0.25) is 0 Å². The summed E-state index contributed by atoms with van der Waals surface area (Å²) < 4.78 is 5.83. The largest absolute Gasteiger partial charge is 0.192 e. The molecule has 0 spiro atoms. The van der Waals surface area contributed by atoms with Gasteiger partial charge in [-0.1, -0.05) is 51.2 Å². The minimum Gasteiger partial charge on any atom is -0.192 e. The number of rotatable bonds is 2. The van der Waals surface area contributed by atoms with Gasteiger partial charge < -0.3 is 0 Å². The summed E-state index contributed by atoms with van der Waals surface area (Å²) in [5.74, 6) is 0.558. The van der Waals surface area contributed by atoms with Crippen molar-refractivity contribution in [1.82, 2.24) is 4.37 Å². The van der Waals surface area contributed by atoms with Crippen molar-refractivity contribution in [1.29, 1.82) is 0 Å². The summed E-state index contributed by atoms with van der Waals surface area (Å²) in [5.41, 5.74) is 2.39. The van der Waals surface area contributed by atoms with E-state index >= 15 is 0 Å². The van der Waals surface area contributed by atoms with Crippen LogP contribution in [0.25, 0.3) is 17.7 Å². The van der Waals surface area contributed by atoms with E-state index in [1.54, 1.807) is 11.5 Å². The highest BCUT2D eigenvalue weighted by atomic mass is 32.1. The van der Waals surface area contributed by atoms with Crippen molar-refractivity contribution in [2.24, 2.45) is 5.92 Å². The van der Waals surface area contributed by atoms with E-state index in [9.17, 15) is 0 Å². The highest BCUT2D eigenvalue weighted by molar-refractivity contribution is 7.03. The lowest BCUT2D eigenvalue weighted by Crippen LogP contribution is -2.17. The number of aromatic nitrogens is 1. The molecule has 1 heterocycles. The molecule has 1 aliphatic rings. The van der Waals surface area contributed by atoms with E-state index in [2.05, 4.69) is 42.5 Å². The molecular formula is C15H21NS. The molecule has 0 saturated carbocycles. The van der Waals surface area contributed by atoms with Gasteiger partial charge in [0.25, 0.3) is 0 Å². The van der Waals surface area contributed by atoms with Gasteiger partial charge >= 0.3 is 0 Å². The smallest absolute Gasteiger partial charge is 0.0873 e. The Balaban J connectivity index is 0.000000686. The first kappa shape index (κ1) is 13.9. The maximum Gasteiger partial charge on any atom is 0.0873 e. The van der Waals surface area contributed by atoms with Crippen molar-refractivity contribution in [2.75, 3.05) is 0 Å². The maximum absolute atomic E-state index is 4.50. The molecule has 92 valence electrons. The molecule has 0 radical (unpaired) electrons. The fourth-order valence-electron chi connectivity index (χ4n) is 1.74. The fourth-order valence-corrected chi connectivity index (χ4v) is 2.72. The normalized spacial score (nSPS) is 18.2. The van der Waals surface area contributed by atoms with Crippen molar-refractivity contribution in [3.05, 3.63) is 33.7 Å². The molecule has 2 heteroatoms. The third-order valence-electron chi connectivity index (χ3n) is 2.51. The van der Waals surface area contributed by atoms with Crippen LogP contribution in [-0.4, -0.2) is 4.37 Å². The van der Waals surface area contributed by atoms with E-state index in [1.165, 1.54) is 15.3 Å². The van der Waals surface area contributed by atoms with Crippen molar-refractivity contribution >= 4 is 29.3 Å². The predicted molar refractivity (Wildman–Crippen MR) is 79.3 cm³/mol. The molecule has 0 fully saturated rings. The van der Waals surface area contributed by atoms with E-state index < -0.39 is 0 Å². The molecule has 1 aromatic rings. The molecule has 1 atom stereocenters. The molecule has 2 rings (SSSR count). The van der Waals surface area contributed by atoms with Gasteiger partial charge in [-0.25, -0.2) is 0 Å². The van der Waals surface area contributed by atoms with Crippen LogP contribution in [0.15, 0.2) is 18.2 Å². The van der Waals surface area contributed by atoms with E-state index in [0.29, 0.717) is 5.92 Å². The lowest BCUT2D eigenvalue weighted by Gasteiger charge is -1.94. The quantitative estimate of drug-likeness (QED) is 0.730. The predicted octanol–water partition coefficient (Wildman–Crippen LogP) is 3.36. The molecule has 0 N–H and O–H groups in total. The van der Waals surface area contributed by atoms with Crippen molar-refractivity contribution < 1.29 is 0 Å². The van der Waals surface area contributed by atoms with Crippen LogP contribution in [0.5, 0.6) is 0 Å². The second kappa shape index (κ2) is 6.55. The lowest BCUT2D eigenvalue weighted by molar-refractivity contribution is 1.07. The Kier molecular flexibility index (Phi) is 5.36. The standard InChI is InChI=1S/C13H15NS.C2H6/c1-4-5-6-10(3)13-11-7-9(2)8-12(11)15-14-13;1-2/h4-9H,1-3H3;1-2H3/b5-4-,10-6+;. The molecule has 1 aliphatic carbocycles. The first-order chi connectivity index (χ1) is 8.22. The van der Waals surface area contributed by atoms with Crippen LogP contribution in [0.4, 0.5) is 0 Å². The average Bonchev–Trinajstić information content (AvgIpc) is 2.87. The highest BCUT2D eigenvalue weighted by Gasteiger charge is 2.09. The molecule has 0 aromatic carbocycles. The molecule has 17 heavy (non-hydrogen) atoms. The van der Waals surface area contributed by atoms with Gasteiger partial charge in [0.2, 0.25) is 0 Å². The second-order valence-corrected chi connectivity index (χ2v) is 4.68. The fraction of sp³-hybridized carbons (Fsp3) is 0.400. The van der Waals surface area contributed by atoms with Gasteiger partial charge in [0.05, 0.1) is 10.2 Å². The molecule has 1 nitrogen and oxygen atoms in total. The number of nitrogens with zero attached hydrogens (tertiary/aromatic N) is 1. The first-order valence-electron chi connectivity index (χ1n) is 6.21. The van der Waals surface area contributed by atoms with E-state index in [0.717, 1.165) is 5.69 Å². The zero-order valence-corrected chi connectivity index (χ0v) is 12.1. The SMILES string of the molecule is C/C=C\C=C(/C)c1nsc2c1=CC(C)C=2.CC. The number of fused-ring (bicyclic) bond motifs is 1. The zero-order chi connectivity index (χ0) is 12.8. The Labute approximate surface area is 108 Å². The number of hydrogen-bond acceptors (Lipinski definition) is 2. The molecule has 1 aromatic heterocycles. The minimum atomic E-state index is 0.558. The lowest BCUT2D eigenvalue weighted by atomic mass is 10.1. The van der Waals surface area contributed by atoms with E-state index in [-0.39, 0.29) is 0 Å². The Hall–Kier alpha value is -1.15. The molecule has 0 saturated heterocycles. The van der Waals surface area contributed by atoms with Gasteiger partial charge in [-0.15, -0.1) is 0 Å².